The zero-order chi connectivity index (χ0) is 12.7. The van der Waals surface area contributed by atoms with Crippen LogP contribution in [0.25, 0.3) is 0 Å². The number of hydrogen-bond acceptors (Lipinski definition) is 3. The maximum atomic E-state index is 11.0. The standard InChI is InChI=1S/C12H15ClO4/c1-16-7-2-3-8-17-11-9(12(14)15)5-4-6-10(11)13/h4-6H,2-3,7-8H2,1H3,(H,14,15). The molecule has 5 heteroatoms. The van der Waals surface area contributed by atoms with Crippen LogP contribution in [0.4, 0.5) is 0 Å². The minimum atomic E-state index is -1.04. The Morgan fingerprint density at radius 3 is 2.71 bits per heavy atom. The van der Waals surface area contributed by atoms with Crippen molar-refractivity contribution >= 4 is 17.6 Å². The molecule has 0 aliphatic rings. The molecular weight excluding hydrogens is 244 g/mol. The van der Waals surface area contributed by atoms with Crippen molar-refractivity contribution in [2.75, 3.05) is 20.3 Å². The van der Waals surface area contributed by atoms with Gasteiger partial charge in [0.05, 0.1) is 11.6 Å². The molecule has 0 amide bonds. The van der Waals surface area contributed by atoms with E-state index in [9.17, 15) is 4.79 Å². The molecule has 0 atom stereocenters. The number of carbonyl (C=O) groups is 1. The highest BCUT2D eigenvalue weighted by Crippen LogP contribution is 2.28. The SMILES string of the molecule is COCCCCOc1c(Cl)cccc1C(=O)O. The smallest absolute Gasteiger partial charge is 0.339 e. The van der Waals surface area contributed by atoms with Crippen molar-refractivity contribution in [3.8, 4) is 5.75 Å². The minimum absolute atomic E-state index is 0.0873. The van der Waals surface area contributed by atoms with Crippen molar-refractivity contribution in [1.82, 2.24) is 0 Å². The molecule has 4 nitrogen and oxygen atoms in total. The molecule has 94 valence electrons. The molecular formula is C12H15ClO4. The van der Waals surface area contributed by atoms with Gasteiger partial charge in [0.15, 0.2) is 5.75 Å². The first-order chi connectivity index (χ1) is 8.16. The van der Waals surface area contributed by atoms with E-state index in [-0.39, 0.29) is 11.3 Å². The van der Waals surface area contributed by atoms with Crippen molar-refractivity contribution in [3.05, 3.63) is 28.8 Å². The molecule has 0 radical (unpaired) electrons. The lowest BCUT2D eigenvalue weighted by Crippen LogP contribution is -2.05. The number of unbranched alkanes of at least 4 members (excludes halogenated alkanes) is 1. The van der Waals surface area contributed by atoms with Gasteiger partial charge in [-0.3, -0.25) is 0 Å². The summed E-state index contributed by atoms with van der Waals surface area (Å²) < 4.78 is 10.3. The van der Waals surface area contributed by atoms with Gasteiger partial charge in [0.25, 0.3) is 0 Å². The lowest BCUT2D eigenvalue weighted by atomic mass is 10.2. The first-order valence-corrected chi connectivity index (χ1v) is 5.68. The molecule has 0 saturated heterocycles. The van der Waals surface area contributed by atoms with Crippen LogP contribution < -0.4 is 4.74 Å². The monoisotopic (exact) mass is 258 g/mol. The molecule has 0 heterocycles. The zero-order valence-corrected chi connectivity index (χ0v) is 10.4. The molecule has 1 aromatic carbocycles. The second-order valence-corrected chi connectivity index (χ2v) is 3.88. The summed E-state index contributed by atoms with van der Waals surface area (Å²) in [5.41, 5.74) is 0.0873. The average molecular weight is 259 g/mol. The van der Waals surface area contributed by atoms with Crippen LogP contribution in [0.2, 0.25) is 5.02 Å². The molecule has 1 rings (SSSR count). The summed E-state index contributed by atoms with van der Waals surface area (Å²) in [5, 5.41) is 9.29. The first kappa shape index (κ1) is 13.8. The van der Waals surface area contributed by atoms with Crippen LogP contribution in [-0.4, -0.2) is 31.4 Å². The van der Waals surface area contributed by atoms with Gasteiger partial charge in [-0.2, -0.15) is 0 Å². The van der Waals surface area contributed by atoms with Crippen LogP contribution in [0.3, 0.4) is 0 Å². The number of aromatic carboxylic acids is 1. The maximum Gasteiger partial charge on any atom is 0.339 e. The summed E-state index contributed by atoms with van der Waals surface area (Å²) in [6, 6.07) is 4.67. The van der Waals surface area contributed by atoms with Crippen molar-refractivity contribution in [3.63, 3.8) is 0 Å². The second kappa shape index (κ2) is 7.14. The molecule has 0 aliphatic heterocycles. The third-order valence-electron chi connectivity index (χ3n) is 2.19. The predicted molar refractivity (Wildman–Crippen MR) is 65.0 cm³/mol. The molecule has 1 aromatic rings. The van der Waals surface area contributed by atoms with Gasteiger partial charge in [-0.15, -0.1) is 0 Å². The van der Waals surface area contributed by atoms with Gasteiger partial charge < -0.3 is 14.6 Å². The highest BCUT2D eigenvalue weighted by atomic mass is 35.5. The number of carboxylic acid groups (broad SMARTS) is 1. The molecule has 0 saturated carbocycles. The highest BCUT2D eigenvalue weighted by Gasteiger charge is 2.14. The normalized spacial score (nSPS) is 10.2. The molecule has 17 heavy (non-hydrogen) atoms. The Bertz CT molecular complexity index is 379. The number of benzene rings is 1. The van der Waals surface area contributed by atoms with E-state index in [4.69, 9.17) is 26.2 Å². The van der Waals surface area contributed by atoms with E-state index in [0.717, 1.165) is 12.8 Å². The number of para-hydroxylation sites is 1. The molecule has 0 aromatic heterocycles. The molecule has 0 bridgehead atoms. The molecule has 1 N–H and O–H groups in total. The first-order valence-electron chi connectivity index (χ1n) is 5.30. The topological polar surface area (TPSA) is 55.8 Å². The Morgan fingerprint density at radius 2 is 2.06 bits per heavy atom. The van der Waals surface area contributed by atoms with Gasteiger partial charge in [-0.05, 0) is 25.0 Å². The number of hydrogen-bond donors (Lipinski definition) is 1. The van der Waals surface area contributed by atoms with Crippen molar-refractivity contribution in [2.45, 2.75) is 12.8 Å². The van der Waals surface area contributed by atoms with Gasteiger partial charge >= 0.3 is 5.97 Å². The van der Waals surface area contributed by atoms with E-state index in [2.05, 4.69) is 0 Å². The summed E-state index contributed by atoms with van der Waals surface area (Å²) >= 11 is 5.90. The fourth-order valence-electron chi connectivity index (χ4n) is 1.35. The van der Waals surface area contributed by atoms with Crippen LogP contribution in [-0.2, 0) is 4.74 Å². The van der Waals surface area contributed by atoms with E-state index in [1.807, 2.05) is 0 Å². The quantitative estimate of drug-likeness (QED) is 0.764. The average Bonchev–Trinajstić information content (AvgIpc) is 2.30. The van der Waals surface area contributed by atoms with E-state index < -0.39 is 5.97 Å². The molecule has 0 fully saturated rings. The number of rotatable bonds is 7. The number of ether oxygens (including phenoxy) is 2. The van der Waals surface area contributed by atoms with Gasteiger partial charge in [0.1, 0.15) is 5.56 Å². The van der Waals surface area contributed by atoms with E-state index >= 15 is 0 Å². The number of carboxylic acids is 1. The van der Waals surface area contributed by atoms with Gasteiger partial charge in [0, 0.05) is 13.7 Å². The summed E-state index contributed by atoms with van der Waals surface area (Å²) in [5.74, 6) is -0.807. The van der Waals surface area contributed by atoms with Crippen LogP contribution in [0, 0.1) is 0 Å². The predicted octanol–water partition coefficient (Wildman–Crippen LogP) is 2.84. The molecule has 0 unspecified atom stereocenters. The highest BCUT2D eigenvalue weighted by molar-refractivity contribution is 6.32. The third-order valence-corrected chi connectivity index (χ3v) is 2.48. The zero-order valence-electron chi connectivity index (χ0n) is 9.61. The van der Waals surface area contributed by atoms with E-state index in [1.54, 1.807) is 19.2 Å². The van der Waals surface area contributed by atoms with Gasteiger partial charge in [-0.25, -0.2) is 4.79 Å². The third kappa shape index (κ3) is 4.24. The fourth-order valence-corrected chi connectivity index (χ4v) is 1.58. The Hall–Kier alpha value is -1.26. The van der Waals surface area contributed by atoms with Crippen LogP contribution in [0.1, 0.15) is 23.2 Å². The Balaban J connectivity index is 2.60. The van der Waals surface area contributed by atoms with E-state index in [1.165, 1.54) is 6.07 Å². The Kier molecular flexibility index (Phi) is 5.80. The van der Waals surface area contributed by atoms with Crippen molar-refractivity contribution < 1.29 is 19.4 Å². The summed E-state index contributed by atoms with van der Waals surface area (Å²) in [6.07, 6.45) is 1.65. The van der Waals surface area contributed by atoms with Crippen LogP contribution >= 0.6 is 11.6 Å². The lowest BCUT2D eigenvalue weighted by Gasteiger charge is -2.10. The minimum Gasteiger partial charge on any atom is -0.491 e. The second-order valence-electron chi connectivity index (χ2n) is 3.47. The Morgan fingerprint density at radius 1 is 1.35 bits per heavy atom. The lowest BCUT2D eigenvalue weighted by molar-refractivity contribution is 0.0692. The van der Waals surface area contributed by atoms with Crippen LogP contribution in [0.15, 0.2) is 18.2 Å². The van der Waals surface area contributed by atoms with E-state index in [0.29, 0.717) is 18.2 Å². The molecule has 0 aliphatic carbocycles. The van der Waals surface area contributed by atoms with Gasteiger partial charge in [0.2, 0.25) is 0 Å². The largest absolute Gasteiger partial charge is 0.491 e. The number of halogens is 1. The number of methoxy groups -OCH3 is 1. The fraction of sp³-hybridized carbons (Fsp3) is 0.417. The van der Waals surface area contributed by atoms with Gasteiger partial charge in [-0.1, -0.05) is 17.7 Å². The summed E-state index contributed by atoms with van der Waals surface area (Å²) in [4.78, 5) is 11.0. The summed E-state index contributed by atoms with van der Waals surface area (Å²) in [7, 11) is 1.64. The van der Waals surface area contributed by atoms with Crippen LogP contribution in [0.5, 0.6) is 5.75 Å². The summed E-state index contributed by atoms with van der Waals surface area (Å²) in [6.45, 7) is 1.09. The van der Waals surface area contributed by atoms with Crippen molar-refractivity contribution in [1.29, 1.82) is 0 Å². The molecule has 0 spiro atoms. The Labute approximate surface area is 105 Å². The maximum absolute atomic E-state index is 11.0. The van der Waals surface area contributed by atoms with Crippen molar-refractivity contribution in [2.24, 2.45) is 0 Å².